The summed E-state index contributed by atoms with van der Waals surface area (Å²) in [5.41, 5.74) is 3.96. The Labute approximate surface area is 101 Å². The van der Waals surface area contributed by atoms with Crippen molar-refractivity contribution in [2.45, 2.75) is 13.8 Å². The molecule has 1 N–H and O–H groups in total. The van der Waals surface area contributed by atoms with E-state index < -0.39 is 0 Å². The molecule has 0 radical (unpaired) electrons. The van der Waals surface area contributed by atoms with Gasteiger partial charge in [-0.2, -0.15) is 5.10 Å². The molecule has 0 spiro atoms. The molecule has 1 aromatic rings. The smallest absolute Gasteiger partial charge is 0.0774 e. The highest BCUT2D eigenvalue weighted by molar-refractivity contribution is 6.33. The van der Waals surface area contributed by atoms with Gasteiger partial charge in [-0.25, -0.2) is 5.53 Å². The molecule has 86 valence electrons. The number of hydrogen-bond acceptors (Lipinski definition) is 3. The van der Waals surface area contributed by atoms with Crippen LogP contribution in [0.25, 0.3) is 0 Å². The summed E-state index contributed by atoms with van der Waals surface area (Å²) in [5.74, 6) is 1.04. The first-order valence-corrected chi connectivity index (χ1v) is 5.87. The lowest BCUT2D eigenvalue weighted by Crippen LogP contribution is -2.44. The molecule has 0 fully saturated rings. The van der Waals surface area contributed by atoms with E-state index >= 15 is 0 Å². The summed E-state index contributed by atoms with van der Waals surface area (Å²) in [4.78, 5) is 0. The maximum Gasteiger partial charge on any atom is 0.0774 e. The summed E-state index contributed by atoms with van der Waals surface area (Å²) in [6.07, 6.45) is 1.97. The number of para-hydroxylation sites is 1. The average Bonchev–Trinajstić information content (AvgIpc) is 2.30. The predicted molar refractivity (Wildman–Crippen MR) is 68.8 cm³/mol. The van der Waals surface area contributed by atoms with E-state index in [1.165, 1.54) is 0 Å². The van der Waals surface area contributed by atoms with Crippen LogP contribution < -0.4 is 10.5 Å². The Kier molecular flexibility index (Phi) is 3.34. The SMILES string of the molecule is CC(C)C1C=NNN(c2ccccc2Cl)C1. The number of benzene rings is 1. The molecule has 4 heteroatoms. The van der Waals surface area contributed by atoms with Crippen LogP contribution in [0.1, 0.15) is 13.8 Å². The minimum atomic E-state index is 0.456. The molecular formula is C12H16ClN3. The first-order chi connectivity index (χ1) is 7.68. The minimum absolute atomic E-state index is 0.456. The van der Waals surface area contributed by atoms with E-state index in [0.717, 1.165) is 17.3 Å². The fourth-order valence-corrected chi connectivity index (χ4v) is 1.94. The summed E-state index contributed by atoms with van der Waals surface area (Å²) in [5, 5.41) is 6.91. The van der Waals surface area contributed by atoms with E-state index in [2.05, 4.69) is 24.5 Å². The number of hydrogen-bond donors (Lipinski definition) is 1. The molecule has 1 atom stereocenters. The van der Waals surface area contributed by atoms with Crippen LogP contribution in [0.3, 0.4) is 0 Å². The quantitative estimate of drug-likeness (QED) is 0.857. The van der Waals surface area contributed by atoms with Crippen LogP contribution in [0.5, 0.6) is 0 Å². The number of anilines is 1. The van der Waals surface area contributed by atoms with Crippen molar-refractivity contribution in [3.63, 3.8) is 0 Å². The van der Waals surface area contributed by atoms with Crippen LogP contribution in [0.2, 0.25) is 5.02 Å². The van der Waals surface area contributed by atoms with Crippen LogP contribution in [0, 0.1) is 11.8 Å². The first-order valence-electron chi connectivity index (χ1n) is 5.49. The molecule has 0 saturated carbocycles. The van der Waals surface area contributed by atoms with Gasteiger partial charge in [0.05, 0.1) is 10.7 Å². The Bertz CT molecular complexity index is 390. The molecule has 1 unspecified atom stereocenters. The molecule has 0 saturated heterocycles. The zero-order chi connectivity index (χ0) is 11.5. The lowest BCUT2D eigenvalue weighted by Gasteiger charge is -2.32. The summed E-state index contributed by atoms with van der Waals surface area (Å²) in [6, 6.07) is 7.79. The van der Waals surface area contributed by atoms with Gasteiger partial charge in [0.25, 0.3) is 0 Å². The second-order valence-electron chi connectivity index (χ2n) is 4.35. The third kappa shape index (κ3) is 2.30. The predicted octanol–water partition coefficient (Wildman–Crippen LogP) is 2.92. The fraction of sp³-hybridized carbons (Fsp3) is 0.417. The van der Waals surface area contributed by atoms with Gasteiger partial charge in [-0.1, -0.05) is 37.6 Å². The maximum atomic E-state index is 6.15. The largest absolute Gasteiger partial charge is 0.270 e. The first kappa shape index (κ1) is 11.3. The summed E-state index contributed by atoms with van der Waals surface area (Å²) in [7, 11) is 0. The van der Waals surface area contributed by atoms with Crippen LogP contribution in [0.15, 0.2) is 29.4 Å². The molecule has 0 bridgehead atoms. The van der Waals surface area contributed by atoms with E-state index in [4.69, 9.17) is 11.6 Å². The Balaban J connectivity index is 2.18. The van der Waals surface area contributed by atoms with Crippen molar-refractivity contribution >= 4 is 23.5 Å². The van der Waals surface area contributed by atoms with Crippen LogP contribution in [0.4, 0.5) is 5.69 Å². The lowest BCUT2D eigenvalue weighted by atomic mass is 9.96. The lowest BCUT2D eigenvalue weighted by molar-refractivity contribution is 0.449. The summed E-state index contributed by atoms with van der Waals surface area (Å²) >= 11 is 6.15. The zero-order valence-corrected chi connectivity index (χ0v) is 10.3. The molecule has 2 rings (SSSR count). The van der Waals surface area contributed by atoms with Crippen molar-refractivity contribution in [3.8, 4) is 0 Å². The maximum absolute atomic E-state index is 6.15. The standard InChI is InChI=1S/C12H16ClN3/c1-9(2)10-7-14-15-16(8-10)12-6-4-3-5-11(12)13/h3-7,9-10,15H,8H2,1-2H3. The van der Waals surface area contributed by atoms with Gasteiger partial charge in [0.2, 0.25) is 0 Å². The van der Waals surface area contributed by atoms with Gasteiger partial charge >= 0.3 is 0 Å². The molecule has 1 aromatic carbocycles. The van der Waals surface area contributed by atoms with Gasteiger partial charge in [0, 0.05) is 18.7 Å². The van der Waals surface area contributed by atoms with E-state index in [1.54, 1.807) is 0 Å². The van der Waals surface area contributed by atoms with Crippen molar-refractivity contribution < 1.29 is 0 Å². The topological polar surface area (TPSA) is 27.6 Å². The molecule has 0 aliphatic carbocycles. The Morgan fingerprint density at radius 2 is 2.19 bits per heavy atom. The monoisotopic (exact) mass is 237 g/mol. The van der Waals surface area contributed by atoms with Crippen molar-refractivity contribution in [2.24, 2.45) is 16.9 Å². The van der Waals surface area contributed by atoms with E-state index in [9.17, 15) is 0 Å². The number of hydrazone groups is 1. The summed E-state index contributed by atoms with van der Waals surface area (Å²) in [6.45, 7) is 5.30. The van der Waals surface area contributed by atoms with Gasteiger partial charge in [0.15, 0.2) is 0 Å². The molecule has 1 aliphatic heterocycles. The van der Waals surface area contributed by atoms with Crippen molar-refractivity contribution in [2.75, 3.05) is 11.6 Å². The zero-order valence-electron chi connectivity index (χ0n) is 9.52. The number of rotatable bonds is 2. The average molecular weight is 238 g/mol. The van der Waals surface area contributed by atoms with Crippen molar-refractivity contribution in [1.29, 1.82) is 0 Å². The Hall–Kier alpha value is -1.22. The van der Waals surface area contributed by atoms with Crippen molar-refractivity contribution in [1.82, 2.24) is 5.53 Å². The Morgan fingerprint density at radius 1 is 1.44 bits per heavy atom. The van der Waals surface area contributed by atoms with Crippen molar-refractivity contribution in [3.05, 3.63) is 29.3 Å². The number of nitrogens with zero attached hydrogens (tertiary/aromatic N) is 2. The number of halogens is 1. The highest BCUT2D eigenvalue weighted by Gasteiger charge is 2.20. The molecular weight excluding hydrogens is 222 g/mol. The molecule has 0 aromatic heterocycles. The number of nitrogens with one attached hydrogen (secondary N) is 1. The molecule has 0 amide bonds. The minimum Gasteiger partial charge on any atom is -0.270 e. The van der Waals surface area contributed by atoms with Gasteiger partial charge in [-0.05, 0) is 18.1 Å². The van der Waals surface area contributed by atoms with E-state index in [1.807, 2.05) is 35.5 Å². The summed E-state index contributed by atoms with van der Waals surface area (Å²) < 4.78 is 0. The van der Waals surface area contributed by atoms with Crippen LogP contribution >= 0.6 is 11.6 Å². The van der Waals surface area contributed by atoms with Gasteiger partial charge in [0.1, 0.15) is 0 Å². The van der Waals surface area contributed by atoms with Gasteiger partial charge < -0.3 is 0 Å². The van der Waals surface area contributed by atoms with E-state index in [-0.39, 0.29) is 0 Å². The Morgan fingerprint density at radius 3 is 2.88 bits per heavy atom. The number of hydrazine groups is 1. The highest BCUT2D eigenvalue weighted by Crippen LogP contribution is 2.26. The highest BCUT2D eigenvalue weighted by atomic mass is 35.5. The van der Waals surface area contributed by atoms with Gasteiger partial charge in [-0.15, -0.1) is 0 Å². The second-order valence-corrected chi connectivity index (χ2v) is 4.76. The van der Waals surface area contributed by atoms with Crippen LogP contribution in [-0.2, 0) is 0 Å². The second kappa shape index (κ2) is 4.74. The van der Waals surface area contributed by atoms with Gasteiger partial charge in [-0.3, -0.25) is 5.01 Å². The molecule has 16 heavy (non-hydrogen) atoms. The molecule has 1 aliphatic rings. The fourth-order valence-electron chi connectivity index (χ4n) is 1.70. The normalized spacial score (nSPS) is 20.0. The molecule has 3 nitrogen and oxygen atoms in total. The molecule has 1 heterocycles. The third-order valence-electron chi connectivity index (χ3n) is 2.84. The third-order valence-corrected chi connectivity index (χ3v) is 3.16. The van der Waals surface area contributed by atoms with E-state index in [0.29, 0.717) is 11.8 Å². The van der Waals surface area contributed by atoms with Crippen LogP contribution in [-0.4, -0.2) is 12.8 Å².